The molecule has 31 heavy (non-hydrogen) atoms. The molecule has 1 amide bonds. The minimum atomic E-state index is -3.89. The predicted molar refractivity (Wildman–Crippen MR) is 116 cm³/mol. The zero-order chi connectivity index (χ0) is 22.3. The van der Waals surface area contributed by atoms with E-state index in [0.717, 1.165) is 0 Å². The maximum absolute atomic E-state index is 12.4. The van der Waals surface area contributed by atoms with Crippen LogP contribution in [0, 0.1) is 11.3 Å². The first-order chi connectivity index (χ1) is 14.9. The highest BCUT2D eigenvalue weighted by molar-refractivity contribution is 7.92. The Hall–Kier alpha value is -4.01. The number of rotatable bonds is 7. The van der Waals surface area contributed by atoms with E-state index in [4.69, 9.17) is 11.6 Å². The SMILES string of the molecule is N#C/C(=N\Nc1ccc(S(=O)(=O)Nc2ncccn2)cc1)C(=O)Nc1ccccc1Cl. The van der Waals surface area contributed by atoms with Crippen LogP contribution in [0.2, 0.25) is 5.02 Å². The second kappa shape index (κ2) is 9.66. The maximum atomic E-state index is 12.4. The Kier molecular flexibility index (Phi) is 6.76. The molecule has 0 radical (unpaired) electrons. The molecule has 0 atom stereocenters. The van der Waals surface area contributed by atoms with Gasteiger partial charge < -0.3 is 5.32 Å². The van der Waals surface area contributed by atoms with E-state index in [1.54, 1.807) is 36.4 Å². The van der Waals surface area contributed by atoms with Crippen molar-refractivity contribution in [2.24, 2.45) is 5.10 Å². The number of hydrazone groups is 1. The summed E-state index contributed by atoms with van der Waals surface area (Å²) >= 11 is 5.98. The number of hydrogen-bond acceptors (Lipinski definition) is 8. The van der Waals surface area contributed by atoms with Crippen molar-refractivity contribution in [2.45, 2.75) is 4.90 Å². The van der Waals surface area contributed by atoms with E-state index in [-0.39, 0.29) is 10.8 Å². The summed E-state index contributed by atoms with van der Waals surface area (Å²) in [6.07, 6.45) is 2.81. The number of nitrogens with one attached hydrogen (secondary N) is 3. The molecule has 0 aliphatic heterocycles. The fraction of sp³-hybridized carbons (Fsp3) is 0. The second-order valence-electron chi connectivity index (χ2n) is 5.82. The number of carbonyl (C=O) groups excluding carboxylic acids is 1. The average molecular weight is 456 g/mol. The summed E-state index contributed by atoms with van der Waals surface area (Å²) in [6, 6.07) is 15.3. The van der Waals surface area contributed by atoms with E-state index in [1.807, 2.05) is 0 Å². The van der Waals surface area contributed by atoms with Crippen molar-refractivity contribution < 1.29 is 13.2 Å². The number of sulfonamides is 1. The van der Waals surface area contributed by atoms with Gasteiger partial charge in [-0.2, -0.15) is 10.4 Å². The molecule has 3 aromatic rings. The number of halogens is 1. The van der Waals surface area contributed by atoms with Crippen LogP contribution in [0.5, 0.6) is 0 Å². The van der Waals surface area contributed by atoms with Gasteiger partial charge in [-0.3, -0.25) is 10.2 Å². The Morgan fingerprint density at radius 1 is 1.03 bits per heavy atom. The maximum Gasteiger partial charge on any atom is 0.287 e. The van der Waals surface area contributed by atoms with Crippen molar-refractivity contribution in [3.05, 3.63) is 72.0 Å². The monoisotopic (exact) mass is 455 g/mol. The first-order valence-corrected chi connectivity index (χ1v) is 10.4. The standard InChI is InChI=1S/C19H14ClN7O3S/c20-15-4-1-2-5-16(15)24-18(28)17(12-21)26-25-13-6-8-14(9-7-13)31(29,30)27-19-22-10-3-11-23-19/h1-11,25H,(H,24,28)(H,22,23,27)/b26-17+. The fourth-order valence-corrected chi connectivity index (χ4v) is 3.37. The summed E-state index contributed by atoms with van der Waals surface area (Å²) in [7, 11) is -3.89. The van der Waals surface area contributed by atoms with Crippen LogP contribution in [-0.4, -0.2) is 30.0 Å². The lowest BCUT2D eigenvalue weighted by atomic mass is 10.3. The van der Waals surface area contributed by atoms with E-state index < -0.39 is 21.6 Å². The molecular formula is C19H14ClN7O3S. The second-order valence-corrected chi connectivity index (χ2v) is 7.91. The van der Waals surface area contributed by atoms with Gasteiger partial charge in [0.2, 0.25) is 11.7 Å². The van der Waals surface area contributed by atoms with Gasteiger partial charge >= 0.3 is 0 Å². The summed E-state index contributed by atoms with van der Waals surface area (Å²) in [5.74, 6) is -0.813. The van der Waals surface area contributed by atoms with E-state index in [0.29, 0.717) is 16.4 Å². The Morgan fingerprint density at radius 3 is 2.35 bits per heavy atom. The van der Waals surface area contributed by atoms with Gasteiger partial charge in [0, 0.05) is 12.4 Å². The molecule has 0 aliphatic rings. The smallest absolute Gasteiger partial charge is 0.287 e. The molecule has 2 aromatic carbocycles. The Balaban J connectivity index is 1.68. The Bertz CT molecular complexity index is 1260. The van der Waals surface area contributed by atoms with Crippen LogP contribution < -0.4 is 15.5 Å². The third-order valence-electron chi connectivity index (χ3n) is 3.70. The molecular weight excluding hydrogens is 442 g/mol. The highest BCUT2D eigenvalue weighted by atomic mass is 35.5. The summed E-state index contributed by atoms with van der Waals surface area (Å²) in [6.45, 7) is 0. The van der Waals surface area contributed by atoms with Crippen LogP contribution in [0.25, 0.3) is 0 Å². The van der Waals surface area contributed by atoms with E-state index in [9.17, 15) is 18.5 Å². The molecule has 0 bridgehead atoms. The molecule has 0 spiro atoms. The topological polar surface area (TPSA) is 149 Å². The van der Waals surface area contributed by atoms with Crippen LogP contribution in [-0.2, 0) is 14.8 Å². The molecule has 0 aliphatic carbocycles. The molecule has 12 heteroatoms. The van der Waals surface area contributed by atoms with Gasteiger partial charge in [0.15, 0.2) is 0 Å². The highest BCUT2D eigenvalue weighted by Gasteiger charge is 2.16. The van der Waals surface area contributed by atoms with E-state index in [1.165, 1.54) is 36.7 Å². The molecule has 1 heterocycles. The first kappa shape index (κ1) is 21.7. The molecule has 0 fully saturated rings. The van der Waals surface area contributed by atoms with Gasteiger partial charge in [-0.05, 0) is 42.5 Å². The Labute approximate surface area is 182 Å². The number of carbonyl (C=O) groups is 1. The van der Waals surface area contributed by atoms with Gasteiger partial charge in [0.05, 0.1) is 21.3 Å². The summed E-state index contributed by atoms with van der Waals surface area (Å²) in [4.78, 5) is 19.8. The summed E-state index contributed by atoms with van der Waals surface area (Å²) in [5, 5.41) is 15.8. The summed E-state index contributed by atoms with van der Waals surface area (Å²) in [5.41, 5.74) is 2.78. The van der Waals surface area contributed by atoms with Crippen molar-refractivity contribution in [3.63, 3.8) is 0 Å². The number of para-hydroxylation sites is 1. The lowest BCUT2D eigenvalue weighted by molar-refractivity contribution is -0.110. The number of nitriles is 1. The van der Waals surface area contributed by atoms with Crippen LogP contribution in [0.4, 0.5) is 17.3 Å². The number of nitrogens with zero attached hydrogens (tertiary/aromatic N) is 4. The molecule has 156 valence electrons. The third-order valence-corrected chi connectivity index (χ3v) is 5.37. The minimum absolute atomic E-state index is 0.0357. The van der Waals surface area contributed by atoms with Gasteiger partial charge in [0.25, 0.3) is 15.9 Å². The molecule has 3 N–H and O–H groups in total. The predicted octanol–water partition coefficient (Wildman–Crippen LogP) is 2.86. The van der Waals surface area contributed by atoms with Gasteiger partial charge in [-0.1, -0.05) is 23.7 Å². The molecule has 0 saturated heterocycles. The van der Waals surface area contributed by atoms with Crippen molar-refractivity contribution >= 4 is 50.6 Å². The lowest BCUT2D eigenvalue weighted by Gasteiger charge is -2.08. The van der Waals surface area contributed by atoms with Crippen LogP contribution in [0.3, 0.4) is 0 Å². The number of anilines is 3. The van der Waals surface area contributed by atoms with Gasteiger partial charge in [-0.15, -0.1) is 0 Å². The number of hydrogen-bond donors (Lipinski definition) is 3. The van der Waals surface area contributed by atoms with E-state index in [2.05, 4.69) is 30.5 Å². The molecule has 0 saturated carbocycles. The van der Waals surface area contributed by atoms with Crippen molar-refractivity contribution in [1.29, 1.82) is 5.26 Å². The summed E-state index contributed by atoms with van der Waals surface area (Å²) < 4.78 is 27.0. The third kappa shape index (κ3) is 5.75. The molecule has 10 nitrogen and oxygen atoms in total. The zero-order valence-electron chi connectivity index (χ0n) is 15.7. The number of benzene rings is 2. The van der Waals surface area contributed by atoms with Gasteiger partial charge in [-0.25, -0.2) is 23.1 Å². The molecule has 3 rings (SSSR count). The number of aromatic nitrogens is 2. The van der Waals surface area contributed by atoms with Crippen molar-refractivity contribution in [1.82, 2.24) is 9.97 Å². The molecule has 1 aromatic heterocycles. The largest absolute Gasteiger partial charge is 0.319 e. The quantitative estimate of drug-likeness (QED) is 0.366. The Morgan fingerprint density at radius 2 is 1.71 bits per heavy atom. The van der Waals surface area contributed by atoms with Crippen LogP contribution in [0.1, 0.15) is 0 Å². The van der Waals surface area contributed by atoms with Gasteiger partial charge in [0.1, 0.15) is 6.07 Å². The van der Waals surface area contributed by atoms with Crippen molar-refractivity contribution in [3.8, 4) is 6.07 Å². The zero-order valence-corrected chi connectivity index (χ0v) is 17.2. The highest BCUT2D eigenvalue weighted by Crippen LogP contribution is 2.20. The minimum Gasteiger partial charge on any atom is -0.319 e. The van der Waals surface area contributed by atoms with Crippen LogP contribution >= 0.6 is 11.6 Å². The molecule has 0 unspecified atom stereocenters. The lowest BCUT2D eigenvalue weighted by Crippen LogP contribution is -2.22. The first-order valence-electron chi connectivity index (χ1n) is 8.58. The number of amides is 1. The average Bonchev–Trinajstić information content (AvgIpc) is 2.76. The van der Waals surface area contributed by atoms with E-state index >= 15 is 0 Å². The fourth-order valence-electron chi connectivity index (χ4n) is 2.23. The normalized spacial score (nSPS) is 11.3. The van der Waals surface area contributed by atoms with Crippen LogP contribution in [0.15, 0.2) is 77.0 Å². The van der Waals surface area contributed by atoms with Crippen molar-refractivity contribution in [2.75, 3.05) is 15.5 Å².